The summed E-state index contributed by atoms with van der Waals surface area (Å²) in [4.78, 5) is 11.9. The van der Waals surface area contributed by atoms with Crippen molar-refractivity contribution >= 4 is 6.03 Å². The van der Waals surface area contributed by atoms with Gasteiger partial charge in [0.15, 0.2) is 0 Å². The van der Waals surface area contributed by atoms with E-state index in [0.717, 1.165) is 6.07 Å². The minimum absolute atomic E-state index is 0.105. The van der Waals surface area contributed by atoms with Gasteiger partial charge in [-0.3, -0.25) is 0 Å². The molecule has 0 unspecified atom stereocenters. The number of hydrogen-bond donors (Lipinski definition) is 3. The van der Waals surface area contributed by atoms with Gasteiger partial charge in [0, 0.05) is 24.6 Å². The maximum absolute atomic E-state index is 13.7. The van der Waals surface area contributed by atoms with Crippen molar-refractivity contribution in [3.05, 3.63) is 35.4 Å². The van der Waals surface area contributed by atoms with Gasteiger partial charge in [0.25, 0.3) is 0 Å². The van der Waals surface area contributed by atoms with Gasteiger partial charge >= 0.3 is 6.03 Å². The standard InChI is InChI=1S/C17H24F2N2O2/c1-10(22)8-17(2,3)9-20-16(23)21-15-7-13(15)12-5-4-11(18)6-14(12)19/h4-6,10,13,15,22H,7-9H2,1-3H3,(H2,20,21,23)/t10-,13-,15-/m0/s1. The number of amides is 2. The van der Waals surface area contributed by atoms with Crippen LogP contribution in [0.25, 0.3) is 0 Å². The summed E-state index contributed by atoms with van der Waals surface area (Å²) in [5, 5.41) is 15.0. The molecule has 4 nitrogen and oxygen atoms in total. The van der Waals surface area contributed by atoms with Crippen LogP contribution in [0.1, 0.15) is 45.1 Å². The Kier molecular flexibility index (Phi) is 5.24. The minimum Gasteiger partial charge on any atom is -0.393 e. The highest BCUT2D eigenvalue weighted by molar-refractivity contribution is 5.75. The molecule has 0 heterocycles. The summed E-state index contributed by atoms with van der Waals surface area (Å²) in [6.45, 7) is 6.08. The Hall–Kier alpha value is -1.69. The van der Waals surface area contributed by atoms with Crippen molar-refractivity contribution in [3.63, 3.8) is 0 Å². The third-order valence-electron chi connectivity index (χ3n) is 4.04. The van der Waals surface area contributed by atoms with E-state index in [0.29, 0.717) is 24.9 Å². The van der Waals surface area contributed by atoms with E-state index < -0.39 is 17.7 Å². The second kappa shape index (κ2) is 6.83. The molecule has 6 heteroatoms. The summed E-state index contributed by atoms with van der Waals surface area (Å²) in [5.41, 5.74) is 0.225. The molecule has 2 rings (SSSR count). The molecular formula is C17H24F2N2O2. The van der Waals surface area contributed by atoms with Crippen molar-refractivity contribution in [2.24, 2.45) is 5.41 Å². The summed E-state index contributed by atoms with van der Waals surface area (Å²) < 4.78 is 26.6. The van der Waals surface area contributed by atoms with Crippen LogP contribution in [0, 0.1) is 17.0 Å². The van der Waals surface area contributed by atoms with Gasteiger partial charge in [0.1, 0.15) is 11.6 Å². The normalized spacial score (nSPS) is 21.7. The first kappa shape index (κ1) is 17.7. The number of aliphatic hydroxyl groups is 1. The van der Waals surface area contributed by atoms with E-state index in [4.69, 9.17) is 0 Å². The smallest absolute Gasteiger partial charge is 0.315 e. The van der Waals surface area contributed by atoms with Crippen LogP contribution in [0.3, 0.4) is 0 Å². The van der Waals surface area contributed by atoms with E-state index >= 15 is 0 Å². The fourth-order valence-electron chi connectivity index (χ4n) is 2.91. The number of aliphatic hydroxyl groups excluding tert-OH is 1. The van der Waals surface area contributed by atoms with Gasteiger partial charge in [-0.1, -0.05) is 19.9 Å². The lowest BCUT2D eigenvalue weighted by Gasteiger charge is -2.26. The Bertz CT molecular complexity index is 576. The molecule has 0 aliphatic heterocycles. The van der Waals surface area contributed by atoms with E-state index in [9.17, 15) is 18.7 Å². The average Bonchev–Trinajstić information content (AvgIpc) is 3.14. The van der Waals surface area contributed by atoms with Gasteiger partial charge in [-0.05, 0) is 36.8 Å². The first-order valence-electron chi connectivity index (χ1n) is 7.85. The second-order valence-corrected chi connectivity index (χ2v) is 7.16. The SMILES string of the molecule is C[C@H](O)CC(C)(C)CNC(=O)N[C@H]1C[C@H]1c1ccc(F)cc1F. The molecule has 1 fully saturated rings. The number of nitrogens with one attached hydrogen (secondary N) is 2. The van der Waals surface area contributed by atoms with E-state index in [1.165, 1.54) is 12.1 Å². The Morgan fingerprint density at radius 1 is 1.43 bits per heavy atom. The topological polar surface area (TPSA) is 61.4 Å². The fraction of sp³-hybridized carbons (Fsp3) is 0.588. The van der Waals surface area contributed by atoms with Crippen LogP contribution in [0.15, 0.2) is 18.2 Å². The van der Waals surface area contributed by atoms with Crippen LogP contribution >= 0.6 is 0 Å². The summed E-state index contributed by atoms with van der Waals surface area (Å²) in [6, 6.07) is 3.09. The molecule has 3 atom stereocenters. The fourth-order valence-corrected chi connectivity index (χ4v) is 2.91. The molecule has 0 aromatic heterocycles. The van der Waals surface area contributed by atoms with Gasteiger partial charge in [-0.15, -0.1) is 0 Å². The zero-order chi connectivity index (χ0) is 17.2. The average molecular weight is 326 g/mol. The number of carbonyl (C=O) groups is 1. The highest BCUT2D eigenvalue weighted by Crippen LogP contribution is 2.41. The molecule has 1 aromatic carbocycles. The third kappa shape index (κ3) is 5.16. The molecule has 0 bridgehead atoms. The number of carbonyl (C=O) groups excluding carboxylic acids is 1. The largest absolute Gasteiger partial charge is 0.393 e. The minimum atomic E-state index is -0.602. The van der Waals surface area contributed by atoms with Crippen LogP contribution in [0.4, 0.5) is 13.6 Å². The van der Waals surface area contributed by atoms with Gasteiger partial charge in [0.2, 0.25) is 0 Å². The van der Waals surface area contributed by atoms with E-state index in [2.05, 4.69) is 10.6 Å². The van der Waals surface area contributed by atoms with E-state index in [1.54, 1.807) is 6.92 Å². The number of rotatable bonds is 6. The molecule has 1 saturated carbocycles. The molecule has 1 aliphatic rings. The molecule has 128 valence electrons. The molecule has 0 spiro atoms. The van der Waals surface area contributed by atoms with Gasteiger partial charge in [0.05, 0.1) is 6.10 Å². The lowest BCUT2D eigenvalue weighted by molar-refractivity contribution is 0.129. The molecule has 3 N–H and O–H groups in total. The highest BCUT2D eigenvalue weighted by Gasteiger charge is 2.41. The summed E-state index contributed by atoms with van der Waals surface area (Å²) >= 11 is 0. The highest BCUT2D eigenvalue weighted by atomic mass is 19.1. The van der Waals surface area contributed by atoms with Gasteiger partial charge in [-0.2, -0.15) is 0 Å². The lowest BCUT2D eigenvalue weighted by atomic mass is 9.87. The van der Waals surface area contributed by atoms with E-state index in [-0.39, 0.29) is 23.4 Å². The van der Waals surface area contributed by atoms with Crippen LogP contribution in [-0.4, -0.2) is 29.8 Å². The van der Waals surface area contributed by atoms with Crippen molar-refractivity contribution in [3.8, 4) is 0 Å². The quantitative estimate of drug-likeness (QED) is 0.753. The molecule has 1 aromatic rings. The van der Waals surface area contributed by atoms with Crippen molar-refractivity contribution < 1.29 is 18.7 Å². The lowest BCUT2D eigenvalue weighted by Crippen LogP contribution is -2.42. The summed E-state index contributed by atoms with van der Waals surface area (Å²) in [5.74, 6) is -1.28. The maximum atomic E-state index is 13.7. The predicted molar refractivity (Wildman–Crippen MR) is 84.1 cm³/mol. The Morgan fingerprint density at radius 2 is 2.13 bits per heavy atom. The number of hydrogen-bond acceptors (Lipinski definition) is 2. The van der Waals surface area contributed by atoms with Gasteiger partial charge < -0.3 is 15.7 Å². The Balaban J connectivity index is 1.79. The predicted octanol–water partition coefficient (Wildman–Crippen LogP) is 2.92. The maximum Gasteiger partial charge on any atom is 0.315 e. The molecule has 0 saturated heterocycles. The van der Waals surface area contributed by atoms with Crippen LogP contribution < -0.4 is 10.6 Å². The van der Waals surface area contributed by atoms with E-state index in [1.807, 2.05) is 13.8 Å². The second-order valence-electron chi connectivity index (χ2n) is 7.16. The molecule has 2 amide bonds. The molecular weight excluding hydrogens is 302 g/mol. The summed E-state index contributed by atoms with van der Waals surface area (Å²) in [7, 11) is 0. The monoisotopic (exact) mass is 326 g/mol. The number of halogens is 2. The van der Waals surface area contributed by atoms with Crippen molar-refractivity contribution in [2.45, 2.75) is 51.7 Å². The Morgan fingerprint density at radius 3 is 2.74 bits per heavy atom. The van der Waals surface area contributed by atoms with Crippen molar-refractivity contribution in [1.29, 1.82) is 0 Å². The summed E-state index contributed by atoms with van der Waals surface area (Å²) in [6.07, 6.45) is 0.803. The van der Waals surface area contributed by atoms with Crippen LogP contribution in [0.5, 0.6) is 0 Å². The van der Waals surface area contributed by atoms with Gasteiger partial charge in [-0.25, -0.2) is 13.6 Å². The molecule has 23 heavy (non-hydrogen) atoms. The zero-order valence-corrected chi connectivity index (χ0v) is 13.7. The zero-order valence-electron chi connectivity index (χ0n) is 13.7. The number of urea groups is 1. The Labute approximate surface area is 135 Å². The third-order valence-corrected chi connectivity index (χ3v) is 4.04. The molecule has 1 aliphatic carbocycles. The first-order valence-corrected chi connectivity index (χ1v) is 7.85. The van der Waals surface area contributed by atoms with Crippen LogP contribution in [-0.2, 0) is 0 Å². The first-order chi connectivity index (χ1) is 10.7. The van der Waals surface area contributed by atoms with Crippen molar-refractivity contribution in [1.82, 2.24) is 10.6 Å². The number of benzene rings is 1. The van der Waals surface area contributed by atoms with Crippen LogP contribution in [0.2, 0.25) is 0 Å². The van der Waals surface area contributed by atoms with Crippen molar-refractivity contribution in [2.75, 3.05) is 6.54 Å². The molecule has 0 radical (unpaired) electrons.